The van der Waals surface area contributed by atoms with Gasteiger partial charge in [0.25, 0.3) is 0 Å². The smallest absolute Gasteiger partial charge is 0.0720 e. The Kier molecular flexibility index (Phi) is 5.12. The summed E-state index contributed by atoms with van der Waals surface area (Å²) < 4.78 is 0. The van der Waals surface area contributed by atoms with E-state index in [1.54, 1.807) is 0 Å². The minimum Gasteiger partial charge on any atom is -0.378 e. The summed E-state index contributed by atoms with van der Waals surface area (Å²) in [6, 6.07) is 20.4. The van der Waals surface area contributed by atoms with Gasteiger partial charge in [-0.15, -0.1) is 0 Å². The van der Waals surface area contributed by atoms with E-state index >= 15 is 0 Å². The predicted octanol–water partition coefficient (Wildman–Crippen LogP) is 4.67. The largest absolute Gasteiger partial charge is 0.378 e. The summed E-state index contributed by atoms with van der Waals surface area (Å²) in [6.45, 7) is 0. The van der Waals surface area contributed by atoms with Gasteiger partial charge in [-0.2, -0.15) is 5.10 Å². The van der Waals surface area contributed by atoms with Crippen LogP contribution in [0, 0.1) is 0 Å². The third-order valence-electron chi connectivity index (χ3n) is 4.07. The van der Waals surface area contributed by atoms with Gasteiger partial charge in [-0.25, -0.2) is 0 Å². The number of benzene rings is 2. The fraction of sp³-hybridized carbons (Fsp3) is 0.190. The van der Waals surface area contributed by atoms with Crippen molar-refractivity contribution in [2.24, 2.45) is 5.10 Å². The molecule has 0 bridgehead atoms. The van der Waals surface area contributed by atoms with Crippen LogP contribution in [-0.4, -0.2) is 24.7 Å². The highest BCUT2D eigenvalue weighted by atomic mass is 15.3. The van der Waals surface area contributed by atoms with Crippen LogP contribution >= 0.6 is 0 Å². The first-order valence-corrected chi connectivity index (χ1v) is 8.23. The molecular weight excluding hydrogens is 294 g/mol. The number of nitrogens with zero attached hydrogens (tertiary/aromatic N) is 2. The first kappa shape index (κ1) is 16.1. The molecular formula is C21H23N3. The quantitative estimate of drug-likeness (QED) is 0.619. The second-order valence-electron chi connectivity index (χ2n) is 6.07. The summed E-state index contributed by atoms with van der Waals surface area (Å²) >= 11 is 0. The average molecular weight is 317 g/mol. The van der Waals surface area contributed by atoms with Crippen molar-refractivity contribution in [2.45, 2.75) is 12.8 Å². The third-order valence-corrected chi connectivity index (χ3v) is 4.07. The molecule has 0 fully saturated rings. The minimum atomic E-state index is 0.838. The summed E-state index contributed by atoms with van der Waals surface area (Å²) in [5.74, 6) is 0. The van der Waals surface area contributed by atoms with Crippen LogP contribution in [0.5, 0.6) is 0 Å². The van der Waals surface area contributed by atoms with Gasteiger partial charge in [0.1, 0.15) is 0 Å². The van der Waals surface area contributed by atoms with Crippen molar-refractivity contribution in [3.05, 3.63) is 89.6 Å². The lowest BCUT2D eigenvalue weighted by Gasteiger charge is -2.17. The molecule has 3 nitrogen and oxygen atoms in total. The number of anilines is 1. The zero-order chi connectivity index (χ0) is 16.8. The monoisotopic (exact) mass is 317 g/mol. The number of nitrogens with one attached hydrogen (secondary N) is 1. The average Bonchev–Trinajstić information content (AvgIpc) is 3.09. The Morgan fingerprint density at radius 1 is 1.00 bits per heavy atom. The Morgan fingerprint density at radius 2 is 1.67 bits per heavy atom. The second-order valence-corrected chi connectivity index (χ2v) is 6.07. The van der Waals surface area contributed by atoms with Crippen molar-refractivity contribution in [1.82, 2.24) is 4.90 Å². The molecule has 3 heteroatoms. The maximum Gasteiger partial charge on any atom is 0.0720 e. The fourth-order valence-electron chi connectivity index (χ4n) is 2.85. The fourth-order valence-corrected chi connectivity index (χ4v) is 2.85. The van der Waals surface area contributed by atoms with E-state index in [-0.39, 0.29) is 0 Å². The molecule has 122 valence electrons. The molecule has 0 spiro atoms. The minimum absolute atomic E-state index is 0.838. The van der Waals surface area contributed by atoms with Gasteiger partial charge in [-0.3, -0.25) is 5.43 Å². The van der Waals surface area contributed by atoms with E-state index in [1.807, 2.05) is 36.4 Å². The van der Waals surface area contributed by atoms with Crippen LogP contribution < -0.4 is 5.43 Å². The summed E-state index contributed by atoms with van der Waals surface area (Å²) in [7, 11) is 4.18. The highest BCUT2D eigenvalue weighted by Crippen LogP contribution is 2.25. The molecule has 3 rings (SSSR count). The zero-order valence-electron chi connectivity index (χ0n) is 14.2. The molecule has 0 radical (unpaired) electrons. The van der Waals surface area contributed by atoms with Crippen LogP contribution in [0.1, 0.15) is 18.4 Å². The third kappa shape index (κ3) is 3.93. The van der Waals surface area contributed by atoms with Crippen molar-refractivity contribution in [1.29, 1.82) is 0 Å². The Hall–Kier alpha value is -2.81. The first-order valence-electron chi connectivity index (χ1n) is 8.23. The Balaban J connectivity index is 1.87. The zero-order valence-corrected chi connectivity index (χ0v) is 14.2. The van der Waals surface area contributed by atoms with Crippen LogP contribution in [0.4, 0.5) is 5.69 Å². The van der Waals surface area contributed by atoms with E-state index in [2.05, 4.69) is 60.8 Å². The molecule has 2 aromatic carbocycles. The van der Waals surface area contributed by atoms with Gasteiger partial charge in [0.2, 0.25) is 0 Å². The van der Waals surface area contributed by atoms with E-state index in [9.17, 15) is 0 Å². The molecule has 2 aromatic rings. The number of rotatable bonds is 6. The van der Waals surface area contributed by atoms with E-state index in [0.29, 0.717) is 0 Å². The molecule has 0 amide bonds. The maximum atomic E-state index is 4.71. The van der Waals surface area contributed by atoms with Crippen molar-refractivity contribution >= 4 is 11.4 Å². The van der Waals surface area contributed by atoms with Crippen LogP contribution in [0.25, 0.3) is 0 Å². The lowest BCUT2D eigenvalue weighted by Crippen LogP contribution is -2.13. The number of likely N-dealkylation sites (N-methyl/N-ethyl adjacent to an activating group) is 1. The summed E-state index contributed by atoms with van der Waals surface area (Å²) in [5.41, 5.74) is 9.09. The van der Waals surface area contributed by atoms with Crippen molar-refractivity contribution < 1.29 is 0 Å². The molecule has 0 atom stereocenters. The second kappa shape index (κ2) is 7.64. The van der Waals surface area contributed by atoms with Gasteiger partial charge in [0.15, 0.2) is 0 Å². The maximum absolute atomic E-state index is 4.71. The lowest BCUT2D eigenvalue weighted by atomic mass is 10.0. The Bertz CT molecular complexity index is 756. The number of hydrogen-bond donors (Lipinski definition) is 1. The molecule has 1 N–H and O–H groups in total. The number of allylic oxidation sites excluding steroid dienone is 3. The normalized spacial score (nSPS) is 14.2. The number of hydrazone groups is 1. The Labute approximate surface area is 144 Å². The standard InChI is InChI=1S/C21H23N3/c1-24(2)21-15-9-12-18(21)16-20(17-10-5-3-6-11-17)23-22-19-13-7-4-8-14-19/h3-11,13-15,22H,12,16H2,1-2H3. The van der Waals surface area contributed by atoms with Gasteiger partial charge < -0.3 is 4.90 Å². The molecule has 1 aliphatic rings. The van der Waals surface area contributed by atoms with Crippen LogP contribution in [0.3, 0.4) is 0 Å². The molecule has 24 heavy (non-hydrogen) atoms. The van der Waals surface area contributed by atoms with Crippen molar-refractivity contribution in [2.75, 3.05) is 19.5 Å². The number of para-hydroxylation sites is 1. The lowest BCUT2D eigenvalue weighted by molar-refractivity contribution is 0.524. The highest BCUT2D eigenvalue weighted by Gasteiger charge is 2.14. The molecule has 0 heterocycles. The summed E-state index contributed by atoms with van der Waals surface area (Å²) in [5, 5.41) is 4.71. The molecule has 0 saturated heterocycles. The molecule has 0 saturated carbocycles. The predicted molar refractivity (Wildman–Crippen MR) is 102 cm³/mol. The SMILES string of the molecule is CN(C)C1=C(CC(=NNc2ccccc2)c2ccccc2)CC=C1. The molecule has 1 aliphatic carbocycles. The van der Waals surface area contributed by atoms with Crippen LogP contribution in [0.2, 0.25) is 0 Å². The topological polar surface area (TPSA) is 27.6 Å². The molecule has 0 aliphatic heterocycles. The number of hydrogen-bond acceptors (Lipinski definition) is 3. The molecule has 0 unspecified atom stereocenters. The molecule has 0 aromatic heterocycles. The van der Waals surface area contributed by atoms with Gasteiger partial charge >= 0.3 is 0 Å². The van der Waals surface area contributed by atoms with E-state index in [1.165, 1.54) is 11.3 Å². The van der Waals surface area contributed by atoms with Crippen LogP contribution in [0.15, 0.2) is 89.2 Å². The van der Waals surface area contributed by atoms with Crippen molar-refractivity contribution in [3.63, 3.8) is 0 Å². The highest BCUT2D eigenvalue weighted by molar-refractivity contribution is 6.02. The van der Waals surface area contributed by atoms with E-state index < -0.39 is 0 Å². The van der Waals surface area contributed by atoms with Crippen molar-refractivity contribution in [3.8, 4) is 0 Å². The van der Waals surface area contributed by atoms with Crippen LogP contribution in [-0.2, 0) is 0 Å². The summed E-state index contributed by atoms with van der Waals surface area (Å²) in [6.07, 6.45) is 6.25. The first-order chi connectivity index (χ1) is 11.7. The summed E-state index contributed by atoms with van der Waals surface area (Å²) in [4.78, 5) is 2.17. The van der Waals surface area contributed by atoms with Gasteiger partial charge in [0, 0.05) is 26.2 Å². The Morgan fingerprint density at radius 3 is 2.33 bits per heavy atom. The van der Waals surface area contributed by atoms with Gasteiger partial charge in [0.05, 0.1) is 11.4 Å². The van der Waals surface area contributed by atoms with Gasteiger partial charge in [-0.05, 0) is 35.8 Å². The van der Waals surface area contributed by atoms with Gasteiger partial charge in [-0.1, -0.05) is 54.6 Å². The van der Waals surface area contributed by atoms with E-state index in [0.717, 1.165) is 29.8 Å². The van der Waals surface area contributed by atoms with E-state index in [4.69, 9.17) is 5.10 Å².